The van der Waals surface area contributed by atoms with Gasteiger partial charge in [-0.25, -0.2) is 0 Å². The van der Waals surface area contributed by atoms with Crippen molar-refractivity contribution in [3.05, 3.63) is 88.9 Å². The van der Waals surface area contributed by atoms with Crippen LogP contribution >= 0.6 is 38.5 Å². The average molecular weight is 796 g/mol. The van der Waals surface area contributed by atoms with Crippen molar-refractivity contribution in [3.8, 4) is 35.2 Å². The Balaban J connectivity index is 1.64. The van der Waals surface area contributed by atoms with Crippen LogP contribution in [0.4, 0.5) is 0 Å². The molecule has 0 atom stereocenters. The van der Waals surface area contributed by atoms with Crippen molar-refractivity contribution < 1.29 is 9.47 Å². The molecule has 0 N–H and O–H groups in total. The van der Waals surface area contributed by atoms with Crippen LogP contribution < -0.4 is 9.47 Å². The van der Waals surface area contributed by atoms with Crippen LogP contribution in [0.2, 0.25) is 0 Å². The van der Waals surface area contributed by atoms with Gasteiger partial charge in [-0.3, -0.25) is 0 Å². The lowest BCUT2D eigenvalue weighted by atomic mass is 10.0. The van der Waals surface area contributed by atoms with E-state index in [0.29, 0.717) is 0 Å². The predicted octanol–water partition coefficient (Wildman–Crippen LogP) is 12.6. The molecule has 246 valence electrons. The molecule has 3 aromatic carbocycles. The summed E-state index contributed by atoms with van der Waals surface area (Å²) in [5, 5.41) is 0. The smallest absolute Gasteiger partial charge is 0.119 e. The summed E-state index contributed by atoms with van der Waals surface area (Å²) < 4.78 is 14.2. The number of rotatable bonds is 16. The normalized spacial score (nSPS) is 10.6. The van der Waals surface area contributed by atoms with Crippen LogP contribution in [0.1, 0.15) is 135 Å². The number of hydrogen-bond acceptors (Lipinski definition) is 2. The Bertz CT molecular complexity index is 1390. The molecule has 0 amide bonds. The fourth-order valence-corrected chi connectivity index (χ4v) is 6.60. The van der Waals surface area contributed by atoms with Crippen molar-refractivity contribution in [2.24, 2.45) is 0 Å². The highest BCUT2D eigenvalue weighted by Gasteiger charge is 2.08. The second kappa shape index (κ2) is 20.7. The van der Waals surface area contributed by atoms with Gasteiger partial charge in [-0.1, -0.05) is 102 Å². The number of unbranched alkanes of at least 4 members (excludes halogenated alkanes) is 10. The van der Waals surface area contributed by atoms with E-state index in [2.05, 4.69) is 140 Å². The molecule has 0 unspecified atom stereocenters. The van der Waals surface area contributed by atoms with Gasteiger partial charge in [0.25, 0.3) is 0 Å². The van der Waals surface area contributed by atoms with Crippen LogP contribution in [0.5, 0.6) is 11.5 Å². The third-order valence-electron chi connectivity index (χ3n) is 8.25. The standard InChI is InChI=1S/C42H52BrIO2/c1-7-9-11-13-15-17-23-45-37-25-31(3)39(32(4)26-37)21-19-35-30-42(44)36(29-41(35)43)20-22-40-33(5)27-38(28-34(40)6)46-24-18-16-14-12-10-8-2/h25-30H,7-18,23-24H2,1-6H3. The maximum atomic E-state index is 6.07. The van der Waals surface area contributed by atoms with Gasteiger partial charge >= 0.3 is 0 Å². The second-order valence-corrected chi connectivity index (χ2v) is 14.4. The zero-order chi connectivity index (χ0) is 33.3. The lowest BCUT2D eigenvalue weighted by Crippen LogP contribution is -1.99. The van der Waals surface area contributed by atoms with Gasteiger partial charge in [-0.05, 0) is 138 Å². The molecule has 0 aliphatic heterocycles. The van der Waals surface area contributed by atoms with Crippen LogP contribution in [0.3, 0.4) is 0 Å². The summed E-state index contributed by atoms with van der Waals surface area (Å²) in [6.07, 6.45) is 15.2. The van der Waals surface area contributed by atoms with E-state index in [1.165, 1.54) is 64.2 Å². The van der Waals surface area contributed by atoms with Gasteiger partial charge in [0, 0.05) is 30.3 Å². The van der Waals surface area contributed by atoms with E-state index in [1.54, 1.807) is 0 Å². The fraction of sp³-hybridized carbons (Fsp3) is 0.476. The molecular formula is C42H52BrIO2. The van der Waals surface area contributed by atoms with Gasteiger partial charge in [-0.15, -0.1) is 0 Å². The first-order chi connectivity index (χ1) is 22.2. The van der Waals surface area contributed by atoms with Gasteiger partial charge in [0.1, 0.15) is 11.5 Å². The van der Waals surface area contributed by atoms with Crippen molar-refractivity contribution in [1.82, 2.24) is 0 Å². The zero-order valence-corrected chi connectivity index (χ0v) is 32.7. The highest BCUT2D eigenvalue weighted by atomic mass is 127. The van der Waals surface area contributed by atoms with Crippen LogP contribution in [-0.4, -0.2) is 13.2 Å². The number of benzene rings is 3. The molecule has 0 bridgehead atoms. The highest BCUT2D eigenvalue weighted by Crippen LogP contribution is 2.26. The summed E-state index contributed by atoms with van der Waals surface area (Å²) in [5.74, 6) is 15.6. The Morgan fingerprint density at radius 3 is 1.35 bits per heavy atom. The number of aryl methyl sites for hydroxylation is 4. The lowest BCUT2D eigenvalue weighted by molar-refractivity contribution is 0.304. The Morgan fingerprint density at radius 2 is 0.913 bits per heavy atom. The molecule has 46 heavy (non-hydrogen) atoms. The van der Waals surface area contributed by atoms with Crippen molar-refractivity contribution in [1.29, 1.82) is 0 Å². The van der Waals surface area contributed by atoms with E-state index in [1.807, 2.05) is 0 Å². The second-order valence-electron chi connectivity index (χ2n) is 12.4. The largest absolute Gasteiger partial charge is 0.494 e. The Morgan fingerprint density at radius 1 is 0.522 bits per heavy atom. The molecule has 0 heterocycles. The zero-order valence-electron chi connectivity index (χ0n) is 28.9. The first-order valence-electron chi connectivity index (χ1n) is 17.2. The van der Waals surface area contributed by atoms with Crippen molar-refractivity contribution in [2.75, 3.05) is 13.2 Å². The summed E-state index contributed by atoms with van der Waals surface area (Å²) in [5.41, 5.74) is 8.64. The third kappa shape index (κ3) is 12.7. The minimum atomic E-state index is 0.773. The predicted molar refractivity (Wildman–Crippen MR) is 208 cm³/mol. The summed E-state index contributed by atoms with van der Waals surface area (Å²) in [7, 11) is 0. The SMILES string of the molecule is CCCCCCCCOc1cc(C)c(C#Cc2cc(I)c(C#Cc3c(C)cc(OCCCCCCCC)cc3C)cc2Br)c(C)c1. The molecule has 0 saturated carbocycles. The van der Waals surface area contributed by atoms with Crippen molar-refractivity contribution >= 4 is 38.5 Å². The first-order valence-corrected chi connectivity index (χ1v) is 19.1. The Kier molecular flexibility index (Phi) is 17.2. The van der Waals surface area contributed by atoms with E-state index < -0.39 is 0 Å². The van der Waals surface area contributed by atoms with E-state index in [0.717, 1.165) is 90.1 Å². The van der Waals surface area contributed by atoms with Crippen molar-refractivity contribution in [2.45, 2.75) is 119 Å². The van der Waals surface area contributed by atoms with Crippen LogP contribution in [0, 0.1) is 54.9 Å². The van der Waals surface area contributed by atoms with Gasteiger partial charge in [-0.2, -0.15) is 0 Å². The lowest BCUT2D eigenvalue weighted by Gasteiger charge is -2.11. The van der Waals surface area contributed by atoms with E-state index in [9.17, 15) is 0 Å². The summed E-state index contributed by atoms with van der Waals surface area (Å²) >= 11 is 6.13. The molecule has 3 aromatic rings. The van der Waals surface area contributed by atoms with Gasteiger partial charge in [0.15, 0.2) is 0 Å². The summed E-state index contributed by atoms with van der Waals surface area (Å²) in [6, 6.07) is 12.7. The molecule has 3 rings (SSSR count). The molecule has 0 fully saturated rings. The maximum absolute atomic E-state index is 6.07. The van der Waals surface area contributed by atoms with E-state index in [-0.39, 0.29) is 0 Å². The molecule has 0 aromatic heterocycles. The maximum Gasteiger partial charge on any atom is 0.119 e. The number of ether oxygens (including phenoxy) is 2. The van der Waals surface area contributed by atoms with Crippen LogP contribution in [0.25, 0.3) is 0 Å². The summed E-state index contributed by atoms with van der Waals surface area (Å²) in [6.45, 7) is 14.5. The monoisotopic (exact) mass is 794 g/mol. The number of halogens is 2. The molecular weight excluding hydrogens is 743 g/mol. The van der Waals surface area contributed by atoms with Crippen LogP contribution in [0.15, 0.2) is 40.9 Å². The molecule has 4 heteroatoms. The number of hydrogen-bond donors (Lipinski definition) is 0. The molecule has 0 saturated heterocycles. The third-order valence-corrected chi connectivity index (χ3v) is 9.80. The molecule has 0 spiro atoms. The van der Waals surface area contributed by atoms with E-state index in [4.69, 9.17) is 9.47 Å². The first kappa shape index (κ1) is 38.0. The molecule has 0 radical (unpaired) electrons. The highest BCUT2D eigenvalue weighted by molar-refractivity contribution is 14.1. The Hall–Kier alpha value is -2.41. The molecule has 0 aliphatic carbocycles. The summed E-state index contributed by atoms with van der Waals surface area (Å²) in [4.78, 5) is 0. The van der Waals surface area contributed by atoms with Crippen LogP contribution in [-0.2, 0) is 0 Å². The minimum absolute atomic E-state index is 0.773. The Labute approximate surface area is 302 Å². The van der Waals surface area contributed by atoms with Gasteiger partial charge < -0.3 is 9.47 Å². The average Bonchev–Trinajstić information content (AvgIpc) is 3.01. The fourth-order valence-electron chi connectivity index (χ4n) is 5.55. The van der Waals surface area contributed by atoms with Crippen molar-refractivity contribution in [3.63, 3.8) is 0 Å². The minimum Gasteiger partial charge on any atom is -0.494 e. The van der Waals surface area contributed by atoms with E-state index >= 15 is 0 Å². The molecule has 2 nitrogen and oxygen atoms in total. The van der Waals surface area contributed by atoms with Gasteiger partial charge in [0.05, 0.1) is 13.2 Å². The topological polar surface area (TPSA) is 18.5 Å². The quantitative estimate of drug-likeness (QED) is 0.0817. The van der Waals surface area contributed by atoms with Gasteiger partial charge in [0.2, 0.25) is 0 Å². The molecule has 0 aliphatic rings.